The lowest BCUT2D eigenvalue weighted by atomic mass is 10.2. The van der Waals surface area contributed by atoms with Gasteiger partial charge < -0.3 is 19.8 Å². The van der Waals surface area contributed by atoms with E-state index < -0.39 is 0 Å². The van der Waals surface area contributed by atoms with E-state index in [1.54, 1.807) is 36.0 Å². The molecule has 0 saturated carbocycles. The van der Waals surface area contributed by atoms with Crippen LogP contribution in [0.1, 0.15) is 16.1 Å². The fraction of sp³-hybridized carbons (Fsp3) is 0.0870. The van der Waals surface area contributed by atoms with Gasteiger partial charge in [0, 0.05) is 28.7 Å². The van der Waals surface area contributed by atoms with Gasteiger partial charge in [-0.15, -0.1) is 11.8 Å². The minimum atomic E-state index is -0.221. The smallest absolute Gasteiger partial charge is 0.262 e. The Kier molecular flexibility index (Phi) is 5.05. The second kappa shape index (κ2) is 8.16. The number of imidazole rings is 1. The zero-order chi connectivity index (χ0) is 21.2. The summed E-state index contributed by atoms with van der Waals surface area (Å²) in [5, 5.41) is 5.65. The summed E-state index contributed by atoms with van der Waals surface area (Å²) >= 11 is 1.56. The topological polar surface area (TPSA) is 84.7 Å². The molecule has 7 nitrogen and oxygen atoms in total. The van der Waals surface area contributed by atoms with Gasteiger partial charge in [-0.3, -0.25) is 9.59 Å². The van der Waals surface area contributed by atoms with Crippen molar-refractivity contribution in [3.05, 3.63) is 84.3 Å². The maximum atomic E-state index is 13.0. The van der Waals surface area contributed by atoms with Gasteiger partial charge >= 0.3 is 0 Å². The van der Waals surface area contributed by atoms with E-state index in [9.17, 15) is 9.59 Å². The van der Waals surface area contributed by atoms with E-state index in [-0.39, 0.29) is 18.4 Å². The maximum absolute atomic E-state index is 13.0. The number of rotatable bonds is 5. The number of thioether (sulfide) groups is 1. The molecule has 0 aliphatic carbocycles. The lowest BCUT2D eigenvalue weighted by molar-refractivity contribution is -0.118. The molecule has 3 heterocycles. The predicted octanol–water partition coefficient (Wildman–Crippen LogP) is 4.21. The molecule has 8 heteroatoms. The first-order chi connectivity index (χ1) is 15.2. The third-order valence-corrected chi connectivity index (χ3v) is 5.90. The van der Waals surface area contributed by atoms with Gasteiger partial charge in [0.25, 0.3) is 11.8 Å². The van der Waals surface area contributed by atoms with Crippen LogP contribution in [0, 0.1) is 0 Å². The molecule has 0 atom stereocenters. The summed E-state index contributed by atoms with van der Waals surface area (Å²) in [6.45, 7) is -0.00435. The van der Waals surface area contributed by atoms with Gasteiger partial charge in [0.1, 0.15) is 11.4 Å². The molecule has 5 rings (SSSR count). The number of carbonyl (C=O) groups is 2. The van der Waals surface area contributed by atoms with Gasteiger partial charge in [0.15, 0.2) is 6.61 Å². The summed E-state index contributed by atoms with van der Waals surface area (Å²) < 4.78 is 7.34. The van der Waals surface area contributed by atoms with Crippen molar-refractivity contribution in [2.24, 2.45) is 0 Å². The predicted molar refractivity (Wildman–Crippen MR) is 120 cm³/mol. The van der Waals surface area contributed by atoms with E-state index in [1.807, 2.05) is 53.2 Å². The van der Waals surface area contributed by atoms with Crippen LogP contribution < -0.4 is 15.4 Å². The van der Waals surface area contributed by atoms with Crippen LogP contribution in [0.2, 0.25) is 0 Å². The first-order valence-electron chi connectivity index (χ1n) is 9.68. The van der Waals surface area contributed by atoms with Crippen LogP contribution in [-0.2, 0) is 10.5 Å². The van der Waals surface area contributed by atoms with Crippen LogP contribution in [0.4, 0.5) is 11.4 Å². The Hall–Kier alpha value is -3.78. The molecule has 31 heavy (non-hydrogen) atoms. The van der Waals surface area contributed by atoms with E-state index in [2.05, 4.69) is 15.6 Å². The van der Waals surface area contributed by atoms with Crippen molar-refractivity contribution in [3.63, 3.8) is 0 Å². The molecular formula is C23H18N4O3S. The molecule has 1 aliphatic heterocycles. The summed E-state index contributed by atoms with van der Waals surface area (Å²) in [7, 11) is 0. The van der Waals surface area contributed by atoms with Gasteiger partial charge in [-0.25, -0.2) is 4.98 Å². The molecule has 0 spiro atoms. The van der Waals surface area contributed by atoms with Gasteiger partial charge in [-0.1, -0.05) is 18.2 Å². The summed E-state index contributed by atoms with van der Waals surface area (Å²) in [4.78, 5) is 30.0. The molecular weight excluding hydrogens is 412 g/mol. The van der Waals surface area contributed by atoms with E-state index >= 15 is 0 Å². The van der Waals surface area contributed by atoms with Gasteiger partial charge in [0.2, 0.25) is 0 Å². The van der Waals surface area contributed by atoms with E-state index in [4.69, 9.17) is 4.74 Å². The Morgan fingerprint density at radius 2 is 2.03 bits per heavy atom. The highest BCUT2D eigenvalue weighted by atomic mass is 32.2. The molecule has 2 amide bonds. The number of ether oxygens (including phenoxy) is 1. The molecule has 0 unspecified atom stereocenters. The molecule has 0 saturated heterocycles. The van der Waals surface area contributed by atoms with Crippen molar-refractivity contribution >= 4 is 40.6 Å². The zero-order valence-corrected chi connectivity index (χ0v) is 17.2. The average Bonchev–Trinajstić information content (AvgIpc) is 3.20. The number of aromatic nitrogens is 2. The number of amides is 2. The highest BCUT2D eigenvalue weighted by Crippen LogP contribution is 2.31. The molecule has 0 radical (unpaired) electrons. The Morgan fingerprint density at radius 3 is 2.94 bits per heavy atom. The second-order valence-electron chi connectivity index (χ2n) is 6.99. The van der Waals surface area contributed by atoms with Crippen molar-refractivity contribution in [2.45, 2.75) is 10.6 Å². The van der Waals surface area contributed by atoms with Crippen molar-refractivity contribution in [1.29, 1.82) is 0 Å². The number of hydrogen-bond donors (Lipinski definition) is 2. The fourth-order valence-electron chi connectivity index (χ4n) is 3.35. The molecule has 0 fully saturated rings. The lowest BCUT2D eigenvalue weighted by Crippen LogP contribution is -2.25. The second-order valence-corrected chi connectivity index (χ2v) is 8.00. The van der Waals surface area contributed by atoms with E-state index in [0.29, 0.717) is 28.4 Å². The van der Waals surface area contributed by atoms with Crippen LogP contribution in [0.5, 0.6) is 5.75 Å². The van der Waals surface area contributed by atoms with Crippen LogP contribution >= 0.6 is 11.8 Å². The van der Waals surface area contributed by atoms with Crippen LogP contribution in [0.25, 0.3) is 5.65 Å². The number of hydrogen-bond acceptors (Lipinski definition) is 5. The van der Waals surface area contributed by atoms with Crippen molar-refractivity contribution < 1.29 is 14.3 Å². The van der Waals surface area contributed by atoms with E-state index in [1.165, 1.54) is 0 Å². The Morgan fingerprint density at radius 1 is 1.16 bits per heavy atom. The minimum absolute atomic E-state index is 0.00435. The highest BCUT2D eigenvalue weighted by molar-refractivity contribution is 7.98. The number of anilines is 2. The third-order valence-electron chi connectivity index (χ3n) is 4.79. The number of pyridine rings is 1. The van der Waals surface area contributed by atoms with Gasteiger partial charge in [-0.05, 0) is 42.5 Å². The highest BCUT2D eigenvalue weighted by Gasteiger charge is 2.18. The Labute approximate surface area is 182 Å². The molecule has 0 bridgehead atoms. The van der Waals surface area contributed by atoms with Crippen LogP contribution in [0.3, 0.4) is 0 Å². The number of nitrogens with zero attached hydrogens (tertiary/aromatic N) is 2. The maximum Gasteiger partial charge on any atom is 0.262 e. The number of benzene rings is 2. The average molecular weight is 430 g/mol. The van der Waals surface area contributed by atoms with Gasteiger partial charge in [-0.2, -0.15) is 0 Å². The van der Waals surface area contributed by atoms with Crippen LogP contribution in [-0.4, -0.2) is 27.8 Å². The largest absolute Gasteiger partial charge is 0.482 e. The minimum Gasteiger partial charge on any atom is -0.482 e. The summed E-state index contributed by atoms with van der Waals surface area (Å²) in [5.74, 6) is 0.792. The lowest BCUT2D eigenvalue weighted by Gasteiger charge is -2.18. The molecule has 1 aliphatic rings. The first-order valence-corrected chi connectivity index (χ1v) is 10.7. The third kappa shape index (κ3) is 4.10. The summed E-state index contributed by atoms with van der Waals surface area (Å²) in [6, 6.07) is 18.5. The molecule has 154 valence electrons. The van der Waals surface area contributed by atoms with Crippen molar-refractivity contribution in [2.75, 3.05) is 17.2 Å². The zero-order valence-electron chi connectivity index (χ0n) is 16.4. The molecule has 2 aromatic carbocycles. The van der Waals surface area contributed by atoms with E-state index in [0.717, 1.165) is 16.2 Å². The quantitative estimate of drug-likeness (QED) is 0.464. The monoisotopic (exact) mass is 430 g/mol. The fourth-order valence-corrected chi connectivity index (χ4v) is 4.28. The standard InChI is InChI=1S/C23H18N4O3S/c28-22-13-30-19-9-8-15(11-18(19)26-22)25-23(29)17-5-1-2-6-20(17)31-14-16-12-27-10-4-3-7-21(27)24-16/h1-12H,13-14H2,(H,25,29)(H,26,28). The summed E-state index contributed by atoms with van der Waals surface area (Å²) in [5.41, 5.74) is 3.54. The molecule has 4 aromatic rings. The number of carbonyl (C=O) groups excluding carboxylic acids is 2. The first kappa shape index (κ1) is 19.2. The Bertz CT molecular complexity index is 1270. The van der Waals surface area contributed by atoms with Crippen LogP contribution in [0.15, 0.2) is 78.0 Å². The SMILES string of the molecule is O=C1COc2ccc(NC(=O)c3ccccc3SCc3cn4ccccc4n3)cc2N1. The normalized spacial score (nSPS) is 12.7. The Balaban J connectivity index is 1.32. The molecule has 2 aromatic heterocycles. The van der Waals surface area contributed by atoms with Crippen molar-refractivity contribution in [3.8, 4) is 5.75 Å². The molecule has 2 N–H and O–H groups in total. The number of fused-ring (bicyclic) bond motifs is 2. The number of nitrogens with one attached hydrogen (secondary N) is 2. The van der Waals surface area contributed by atoms with Crippen molar-refractivity contribution in [1.82, 2.24) is 9.38 Å². The summed E-state index contributed by atoms with van der Waals surface area (Å²) in [6.07, 6.45) is 3.96. The van der Waals surface area contributed by atoms with Gasteiger partial charge in [0.05, 0.1) is 16.9 Å².